The Morgan fingerprint density at radius 3 is 2.29 bits per heavy atom. The normalized spacial score (nSPS) is 11.9. The lowest BCUT2D eigenvalue weighted by Gasteiger charge is -2.10. The summed E-state index contributed by atoms with van der Waals surface area (Å²) in [6.45, 7) is 0. The third-order valence-corrected chi connectivity index (χ3v) is 6.16. The fourth-order valence-corrected chi connectivity index (χ4v) is 3.97. The molecule has 0 saturated carbocycles. The van der Waals surface area contributed by atoms with Gasteiger partial charge in [-0.25, -0.2) is 17.5 Å². The molecule has 0 aliphatic carbocycles. The fourth-order valence-electron chi connectivity index (χ4n) is 3.34. The molecule has 1 N–H and O–H groups in total. The fraction of sp³-hybridized carbons (Fsp3) is 0.0833. The van der Waals surface area contributed by atoms with Crippen LogP contribution in [0.5, 0.6) is 0 Å². The van der Waals surface area contributed by atoms with Gasteiger partial charge in [-0.05, 0) is 48.5 Å². The monoisotopic (exact) mass is 503 g/mol. The number of nitrogens with one attached hydrogen (secondary N) is 1. The maximum atomic E-state index is 13.8. The van der Waals surface area contributed by atoms with Gasteiger partial charge in [0.25, 0.3) is 5.91 Å². The van der Waals surface area contributed by atoms with Gasteiger partial charge in [0.2, 0.25) is 0 Å². The number of amides is 1. The molecule has 0 saturated heterocycles. The van der Waals surface area contributed by atoms with Crippen molar-refractivity contribution in [3.05, 3.63) is 95.9 Å². The third-order valence-electron chi connectivity index (χ3n) is 5.04. The zero-order valence-corrected chi connectivity index (χ0v) is 18.9. The van der Waals surface area contributed by atoms with E-state index in [1.165, 1.54) is 65.5 Å². The summed E-state index contributed by atoms with van der Waals surface area (Å²) in [4.78, 5) is 13.1. The van der Waals surface area contributed by atoms with Crippen molar-refractivity contribution in [1.29, 1.82) is 0 Å². The number of hydrogen-bond donors (Lipinski definition) is 1. The Morgan fingerprint density at radius 2 is 1.66 bits per heavy atom. The van der Waals surface area contributed by atoms with Gasteiger partial charge in [0.15, 0.2) is 9.84 Å². The summed E-state index contributed by atoms with van der Waals surface area (Å²) in [6, 6.07) is 15.2. The van der Waals surface area contributed by atoms with Crippen LogP contribution in [0.2, 0.25) is 0 Å². The lowest BCUT2D eigenvalue weighted by atomic mass is 10.1. The number of benzene rings is 3. The van der Waals surface area contributed by atoms with Crippen LogP contribution in [0.25, 0.3) is 16.9 Å². The summed E-state index contributed by atoms with van der Waals surface area (Å²) in [5.74, 6) is -1.29. The van der Waals surface area contributed by atoms with Crippen molar-refractivity contribution in [2.75, 3.05) is 11.6 Å². The molecule has 0 atom stereocenters. The Labute approximate surface area is 197 Å². The second-order valence-electron chi connectivity index (χ2n) is 7.65. The molecular weight excluding hydrogens is 486 g/mol. The van der Waals surface area contributed by atoms with Gasteiger partial charge in [-0.3, -0.25) is 4.79 Å². The third kappa shape index (κ3) is 5.40. The molecule has 1 amide bonds. The first kappa shape index (κ1) is 24.1. The van der Waals surface area contributed by atoms with Gasteiger partial charge in [0, 0.05) is 23.7 Å². The van der Waals surface area contributed by atoms with Crippen LogP contribution in [0.3, 0.4) is 0 Å². The van der Waals surface area contributed by atoms with E-state index in [1.807, 2.05) is 0 Å². The molecule has 0 bridgehead atoms. The summed E-state index contributed by atoms with van der Waals surface area (Å²) < 4.78 is 77.7. The molecule has 1 aromatic heterocycles. The first-order valence-corrected chi connectivity index (χ1v) is 12.0. The van der Waals surface area contributed by atoms with Gasteiger partial charge in [-0.2, -0.15) is 18.3 Å². The number of sulfone groups is 1. The summed E-state index contributed by atoms with van der Waals surface area (Å²) in [6.07, 6.45) is -2.22. The maximum Gasteiger partial charge on any atom is 0.416 e. The van der Waals surface area contributed by atoms with Crippen molar-refractivity contribution in [1.82, 2.24) is 9.78 Å². The van der Waals surface area contributed by atoms with Gasteiger partial charge >= 0.3 is 6.18 Å². The van der Waals surface area contributed by atoms with Gasteiger partial charge < -0.3 is 5.32 Å². The van der Waals surface area contributed by atoms with Crippen LogP contribution in [0.4, 0.5) is 23.2 Å². The van der Waals surface area contributed by atoms with Crippen molar-refractivity contribution >= 4 is 21.4 Å². The highest BCUT2D eigenvalue weighted by molar-refractivity contribution is 7.90. The predicted octanol–water partition coefficient (Wildman–Crippen LogP) is 5.35. The van der Waals surface area contributed by atoms with E-state index in [9.17, 15) is 30.8 Å². The Balaban J connectivity index is 1.77. The standard InChI is InChI=1S/C24H17F4N3O3S/c1-35(33,34)20-10-8-15(9-11-20)22-21(14-31(30-22)19-7-3-5-17(25)13-19)23(32)29-18-6-2-4-16(12-18)24(26,27)28/h2-14H,1H3,(H,29,32). The first-order valence-electron chi connectivity index (χ1n) is 10.1. The van der Waals surface area contributed by atoms with Crippen LogP contribution in [-0.4, -0.2) is 30.4 Å². The first-order chi connectivity index (χ1) is 16.4. The van der Waals surface area contributed by atoms with E-state index >= 15 is 0 Å². The molecule has 180 valence electrons. The molecule has 6 nitrogen and oxygen atoms in total. The zero-order valence-electron chi connectivity index (χ0n) is 18.0. The quantitative estimate of drug-likeness (QED) is 0.372. The number of anilines is 1. The zero-order chi connectivity index (χ0) is 25.4. The molecule has 0 aliphatic rings. The van der Waals surface area contributed by atoms with E-state index in [0.717, 1.165) is 18.4 Å². The van der Waals surface area contributed by atoms with Crippen molar-refractivity contribution in [2.45, 2.75) is 11.1 Å². The van der Waals surface area contributed by atoms with Crippen LogP contribution in [-0.2, 0) is 16.0 Å². The van der Waals surface area contributed by atoms with Crippen molar-refractivity contribution in [3.63, 3.8) is 0 Å². The van der Waals surface area contributed by atoms with Crippen LogP contribution >= 0.6 is 0 Å². The number of alkyl halides is 3. The number of carbonyl (C=O) groups is 1. The van der Waals surface area contributed by atoms with Crippen molar-refractivity contribution in [3.8, 4) is 16.9 Å². The van der Waals surface area contributed by atoms with Crippen LogP contribution in [0, 0.1) is 5.82 Å². The molecule has 0 unspecified atom stereocenters. The molecule has 1 heterocycles. The van der Waals surface area contributed by atoms with Crippen molar-refractivity contribution in [2.24, 2.45) is 0 Å². The Morgan fingerprint density at radius 1 is 0.971 bits per heavy atom. The summed E-state index contributed by atoms with van der Waals surface area (Å²) in [5.41, 5.74) is -0.222. The second-order valence-corrected chi connectivity index (χ2v) is 9.66. The van der Waals surface area contributed by atoms with Gasteiger partial charge in [0.05, 0.1) is 21.7 Å². The molecule has 0 aliphatic heterocycles. The Bertz CT molecular complexity index is 1510. The maximum absolute atomic E-state index is 13.8. The topological polar surface area (TPSA) is 81.1 Å². The highest BCUT2D eigenvalue weighted by Crippen LogP contribution is 2.31. The van der Waals surface area contributed by atoms with E-state index in [-0.39, 0.29) is 21.8 Å². The van der Waals surface area contributed by atoms with E-state index in [2.05, 4.69) is 10.4 Å². The van der Waals surface area contributed by atoms with Crippen LogP contribution in [0.1, 0.15) is 15.9 Å². The van der Waals surface area contributed by atoms with Gasteiger partial charge in [-0.1, -0.05) is 24.3 Å². The highest BCUT2D eigenvalue weighted by atomic mass is 32.2. The summed E-state index contributed by atoms with van der Waals surface area (Å²) >= 11 is 0. The summed E-state index contributed by atoms with van der Waals surface area (Å²) in [7, 11) is -3.47. The SMILES string of the molecule is CS(=O)(=O)c1ccc(-c2nn(-c3cccc(F)c3)cc2C(=O)Nc2cccc(C(F)(F)F)c2)cc1. The van der Waals surface area contributed by atoms with Gasteiger partial charge in [0.1, 0.15) is 11.5 Å². The minimum absolute atomic E-state index is 0.0150. The number of rotatable bonds is 5. The largest absolute Gasteiger partial charge is 0.416 e. The number of nitrogens with zero attached hydrogens (tertiary/aromatic N) is 2. The van der Waals surface area contributed by atoms with E-state index in [4.69, 9.17) is 0 Å². The molecule has 11 heteroatoms. The smallest absolute Gasteiger partial charge is 0.322 e. The lowest BCUT2D eigenvalue weighted by molar-refractivity contribution is -0.137. The van der Waals surface area contributed by atoms with Crippen LogP contribution in [0.15, 0.2) is 83.9 Å². The summed E-state index contributed by atoms with van der Waals surface area (Å²) in [5, 5.41) is 6.79. The Hall–Kier alpha value is -3.99. The van der Waals surface area contributed by atoms with Gasteiger partial charge in [-0.15, -0.1) is 0 Å². The average Bonchev–Trinajstić information content (AvgIpc) is 3.24. The molecule has 0 fully saturated rings. The highest BCUT2D eigenvalue weighted by Gasteiger charge is 2.30. The Kier molecular flexibility index (Phi) is 6.20. The molecule has 35 heavy (non-hydrogen) atoms. The molecule has 0 spiro atoms. The van der Waals surface area contributed by atoms with E-state index in [1.54, 1.807) is 6.07 Å². The minimum Gasteiger partial charge on any atom is -0.322 e. The molecule has 4 rings (SSSR count). The minimum atomic E-state index is -4.59. The van der Waals surface area contributed by atoms with E-state index < -0.39 is 33.3 Å². The lowest BCUT2D eigenvalue weighted by Crippen LogP contribution is -2.13. The number of carbonyl (C=O) groups excluding carboxylic acids is 1. The number of hydrogen-bond acceptors (Lipinski definition) is 4. The number of aromatic nitrogens is 2. The van der Waals surface area contributed by atoms with Crippen molar-refractivity contribution < 1.29 is 30.8 Å². The molecule has 4 aromatic rings. The van der Waals surface area contributed by atoms with E-state index in [0.29, 0.717) is 11.3 Å². The molecule has 0 radical (unpaired) electrons. The average molecular weight is 503 g/mol. The molecule has 3 aromatic carbocycles. The molecular formula is C24H17F4N3O3S. The predicted molar refractivity (Wildman–Crippen MR) is 121 cm³/mol. The van der Waals surface area contributed by atoms with Crippen LogP contribution < -0.4 is 5.32 Å². The second kappa shape index (κ2) is 8.99. The number of halogens is 4.